The van der Waals surface area contributed by atoms with Crippen molar-refractivity contribution in [1.29, 1.82) is 0 Å². The summed E-state index contributed by atoms with van der Waals surface area (Å²) in [5.41, 5.74) is 1.37. The molecule has 0 heterocycles. The van der Waals surface area contributed by atoms with E-state index in [2.05, 4.69) is 31.3 Å². The largest absolute Gasteiger partial charge is 0.313 e. The van der Waals surface area contributed by atoms with Crippen LogP contribution in [-0.4, -0.2) is 12.3 Å². The Balaban J connectivity index is 2.53. The SMILES string of the molecule is CCCCCSc1cc(Cl)ccc1CNCCC. The van der Waals surface area contributed by atoms with Crippen LogP contribution in [0.3, 0.4) is 0 Å². The Morgan fingerprint density at radius 3 is 2.72 bits per heavy atom. The fourth-order valence-electron chi connectivity index (χ4n) is 1.74. The van der Waals surface area contributed by atoms with Crippen LogP contribution in [0.25, 0.3) is 0 Å². The molecule has 1 rings (SSSR count). The van der Waals surface area contributed by atoms with E-state index in [0.717, 1.165) is 18.1 Å². The van der Waals surface area contributed by atoms with Crippen LogP contribution in [0.2, 0.25) is 5.02 Å². The van der Waals surface area contributed by atoms with Crippen LogP contribution in [0.15, 0.2) is 23.1 Å². The highest BCUT2D eigenvalue weighted by atomic mass is 35.5. The highest BCUT2D eigenvalue weighted by Gasteiger charge is 2.04. The number of halogens is 1. The maximum absolute atomic E-state index is 6.08. The molecule has 102 valence electrons. The van der Waals surface area contributed by atoms with Gasteiger partial charge in [-0.05, 0) is 42.8 Å². The van der Waals surface area contributed by atoms with Crippen molar-refractivity contribution in [3.63, 3.8) is 0 Å². The van der Waals surface area contributed by atoms with E-state index in [4.69, 9.17) is 11.6 Å². The molecule has 0 amide bonds. The van der Waals surface area contributed by atoms with Crippen molar-refractivity contribution in [3.8, 4) is 0 Å². The van der Waals surface area contributed by atoms with Crippen molar-refractivity contribution >= 4 is 23.4 Å². The molecule has 0 bridgehead atoms. The third-order valence-electron chi connectivity index (χ3n) is 2.78. The van der Waals surface area contributed by atoms with Crippen LogP contribution in [0.4, 0.5) is 0 Å². The molecule has 0 radical (unpaired) electrons. The van der Waals surface area contributed by atoms with Gasteiger partial charge in [-0.25, -0.2) is 0 Å². The highest BCUT2D eigenvalue weighted by molar-refractivity contribution is 7.99. The van der Waals surface area contributed by atoms with E-state index in [1.165, 1.54) is 41.9 Å². The molecule has 0 saturated heterocycles. The molecule has 0 fully saturated rings. The van der Waals surface area contributed by atoms with Crippen LogP contribution < -0.4 is 5.32 Å². The lowest BCUT2D eigenvalue weighted by Gasteiger charge is -2.10. The summed E-state index contributed by atoms with van der Waals surface area (Å²) in [6.45, 7) is 6.45. The fraction of sp³-hybridized carbons (Fsp3) is 0.600. The fourth-order valence-corrected chi connectivity index (χ4v) is 3.08. The molecule has 1 nitrogen and oxygen atoms in total. The Morgan fingerprint density at radius 2 is 2.00 bits per heavy atom. The van der Waals surface area contributed by atoms with Gasteiger partial charge in [0.15, 0.2) is 0 Å². The number of rotatable bonds is 9. The Bertz CT molecular complexity index is 341. The van der Waals surface area contributed by atoms with Crippen LogP contribution in [-0.2, 0) is 6.54 Å². The Kier molecular flexibility index (Phi) is 8.57. The van der Waals surface area contributed by atoms with Crippen molar-refractivity contribution in [2.24, 2.45) is 0 Å². The Labute approximate surface area is 121 Å². The maximum atomic E-state index is 6.08. The average Bonchev–Trinajstić information content (AvgIpc) is 2.37. The summed E-state index contributed by atoms with van der Waals surface area (Å²) in [5.74, 6) is 1.19. The van der Waals surface area contributed by atoms with Crippen LogP contribution in [0.1, 0.15) is 45.1 Å². The number of unbranched alkanes of at least 4 members (excludes halogenated alkanes) is 2. The Morgan fingerprint density at radius 1 is 1.17 bits per heavy atom. The summed E-state index contributed by atoms with van der Waals surface area (Å²) in [6, 6.07) is 6.23. The minimum Gasteiger partial charge on any atom is -0.313 e. The molecule has 1 aromatic rings. The second-order valence-corrected chi connectivity index (χ2v) is 6.06. The molecule has 0 saturated carbocycles. The van der Waals surface area contributed by atoms with Crippen molar-refractivity contribution in [1.82, 2.24) is 5.32 Å². The average molecular weight is 286 g/mol. The standard InChI is InChI=1S/C15H24ClNS/c1-3-5-6-10-18-15-11-14(16)8-7-13(15)12-17-9-4-2/h7-8,11,17H,3-6,9-10,12H2,1-2H3. The summed E-state index contributed by atoms with van der Waals surface area (Å²) in [6.07, 6.45) is 5.06. The molecule has 1 N–H and O–H groups in total. The predicted molar refractivity (Wildman–Crippen MR) is 83.7 cm³/mol. The molecule has 18 heavy (non-hydrogen) atoms. The second kappa shape index (κ2) is 9.71. The highest BCUT2D eigenvalue weighted by Crippen LogP contribution is 2.27. The first-order valence-electron chi connectivity index (χ1n) is 6.89. The third kappa shape index (κ3) is 6.12. The van der Waals surface area contributed by atoms with Gasteiger partial charge in [-0.15, -0.1) is 11.8 Å². The zero-order valence-corrected chi connectivity index (χ0v) is 13.0. The summed E-state index contributed by atoms with van der Waals surface area (Å²) in [5, 5.41) is 4.30. The minimum atomic E-state index is 0.840. The molecule has 1 aromatic carbocycles. The van der Waals surface area contributed by atoms with E-state index in [9.17, 15) is 0 Å². The molecule has 0 aliphatic heterocycles. The van der Waals surface area contributed by atoms with Gasteiger partial charge < -0.3 is 5.32 Å². The first-order valence-corrected chi connectivity index (χ1v) is 8.26. The van der Waals surface area contributed by atoms with Crippen LogP contribution in [0, 0.1) is 0 Å². The van der Waals surface area contributed by atoms with Gasteiger partial charge in [0.2, 0.25) is 0 Å². The number of hydrogen-bond acceptors (Lipinski definition) is 2. The molecular weight excluding hydrogens is 262 g/mol. The Hall–Kier alpha value is -0.180. The van der Waals surface area contributed by atoms with Gasteiger partial charge in [0, 0.05) is 16.5 Å². The van der Waals surface area contributed by atoms with E-state index in [0.29, 0.717) is 0 Å². The van der Waals surface area contributed by atoms with Crippen molar-refractivity contribution in [3.05, 3.63) is 28.8 Å². The van der Waals surface area contributed by atoms with E-state index < -0.39 is 0 Å². The number of benzene rings is 1. The van der Waals surface area contributed by atoms with Gasteiger partial charge in [-0.1, -0.05) is 44.4 Å². The smallest absolute Gasteiger partial charge is 0.0417 e. The first-order chi connectivity index (χ1) is 8.77. The number of thioether (sulfide) groups is 1. The van der Waals surface area contributed by atoms with Gasteiger partial charge in [-0.3, -0.25) is 0 Å². The lowest BCUT2D eigenvalue weighted by Crippen LogP contribution is -2.14. The second-order valence-electron chi connectivity index (χ2n) is 4.48. The van der Waals surface area contributed by atoms with Gasteiger partial charge >= 0.3 is 0 Å². The van der Waals surface area contributed by atoms with Crippen LogP contribution >= 0.6 is 23.4 Å². The molecule has 0 unspecified atom stereocenters. The van der Waals surface area contributed by atoms with Crippen LogP contribution in [0.5, 0.6) is 0 Å². The van der Waals surface area contributed by atoms with E-state index in [1.54, 1.807) is 0 Å². The zero-order chi connectivity index (χ0) is 13.2. The van der Waals surface area contributed by atoms with Gasteiger partial charge in [0.05, 0.1) is 0 Å². The van der Waals surface area contributed by atoms with Crippen molar-refractivity contribution < 1.29 is 0 Å². The number of hydrogen-bond donors (Lipinski definition) is 1. The monoisotopic (exact) mass is 285 g/mol. The first kappa shape index (κ1) is 15.9. The summed E-state index contributed by atoms with van der Waals surface area (Å²) < 4.78 is 0. The summed E-state index contributed by atoms with van der Waals surface area (Å²) >= 11 is 8.02. The maximum Gasteiger partial charge on any atom is 0.0417 e. The normalized spacial score (nSPS) is 10.8. The topological polar surface area (TPSA) is 12.0 Å². The van der Waals surface area contributed by atoms with Gasteiger partial charge in [0.25, 0.3) is 0 Å². The molecule has 0 aliphatic carbocycles. The van der Waals surface area contributed by atoms with E-state index in [-0.39, 0.29) is 0 Å². The van der Waals surface area contributed by atoms with Crippen molar-refractivity contribution in [2.45, 2.75) is 51.0 Å². The molecular formula is C15H24ClNS. The molecule has 0 aliphatic rings. The van der Waals surface area contributed by atoms with E-state index >= 15 is 0 Å². The zero-order valence-electron chi connectivity index (χ0n) is 11.5. The van der Waals surface area contributed by atoms with E-state index in [1.807, 2.05) is 17.8 Å². The lowest BCUT2D eigenvalue weighted by molar-refractivity contribution is 0.669. The molecule has 0 aromatic heterocycles. The lowest BCUT2D eigenvalue weighted by atomic mass is 10.2. The minimum absolute atomic E-state index is 0.840. The molecule has 0 spiro atoms. The van der Waals surface area contributed by atoms with Gasteiger partial charge in [0.1, 0.15) is 0 Å². The molecule has 0 atom stereocenters. The third-order valence-corrected chi connectivity index (χ3v) is 4.20. The summed E-state index contributed by atoms with van der Waals surface area (Å²) in [4.78, 5) is 1.34. The quantitative estimate of drug-likeness (QED) is 0.499. The predicted octanol–water partition coefficient (Wildman–Crippen LogP) is 5.12. The number of nitrogens with one attached hydrogen (secondary N) is 1. The summed E-state index contributed by atoms with van der Waals surface area (Å²) in [7, 11) is 0. The molecule has 3 heteroatoms. The van der Waals surface area contributed by atoms with Gasteiger partial charge in [-0.2, -0.15) is 0 Å². The van der Waals surface area contributed by atoms with Crippen molar-refractivity contribution in [2.75, 3.05) is 12.3 Å².